The summed E-state index contributed by atoms with van der Waals surface area (Å²) in [4.78, 5) is 1.14. The maximum absolute atomic E-state index is 6.01. The van der Waals surface area contributed by atoms with Gasteiger partial charge in [0, 0.05) is 16.5 Å². The van der Waals surface area contributed by atoms with E-state index in [1.807, 2.05) is 24.3 Å². The molecule has 0 saturated carbocycles. The molecule has 0 aliphatic heterocycles. The summed E-state index contributed by atoms with van der Waals surface area (Å²) < 4.78 is 6.81. The predicted octanol–water partition coefficient (Wildman–Crippen LogP) is 5.43. The van der Waals surface area contributed by atoms with Gasteiger partial charge in [-0.05, 0) is 37.6 Å². The molecule has 114 valence electrons. The van der Waals surface area contributed by atoms with Crippen molar-refractivity contribution in [3.8, 4) is 5.75 Å². The lowest BCUT2D eigenvalue weighted by molar-refractivity contribution is 0.301. The van der Waals surface area contributed by atoms with Gasteiger partial charge in [0.15, 0.2) is 0 Å². The van der Waals surface area contributed by atoms with E-state index in [0.29, 0.717) is 12.6 Å². The van der Waals surface area contributed by atoms with Crippen molar-refractivity contribution in [2.45, 2.75) is 39.3 Å². The fraction of sp³-hybridized carbons (Fsp3) is 0.412. The van der Waals surface area contributed by atoms with E-state index in [1.165, 1.54) is 5.56 Å². The van der Waals surface area contributed by atoms with Crippen LogP contribution in [-0.2, 0) is 6.61 Å². The minimum absolute atomic E-state index is 0.341. The van der Waals surface area contributed by atoms with E-state index in [0.717, 1.165) is 34.3 Å². The monoisotopic (exact) mass is 323 g/mol. The second-order valence-electron chi connectivity index (χ2n) is 4.95. The van der Waals surface area contributed by atoms with E-state index < -0.39 is 0 Å². The number of nitrogens with one attached hydrogen (secondary N) is 1. The molecule has 1 unspecified atom stereocenters. The molecule has 0 fully saturated rings. The van der Waals surface area contributed by atoms with Gasteiger partial charge >= 0.3 is 0 Å². The van der Waals surface area contributed by atoms with Crippen molar-refractivity contribution in [1.82, 2.24) is 5.32 Å². The zero-order chi connectivity index (χ0) is 15.1. The molecule has 0 radical (unpaired) electrons. The maximum atomic E-state index is 6.01. The fourth-order valence-electron chi connectivity index (χ4n) is 2.27. The van der Waals surface area contributed by atoms with E-state index in [1.54, 1.807) is 11.3 Å². The summed E-state index contributed by atoms with van der Waals surface area (Å²) in [6, 6.07) is 12.5. The van der Waals surface area contributed by atoms with Crippen LogP contribution in [-0.4, -0.2) is 6.54 Å². The Labute approximate surface area is 136 Å². The van der Waals surface area contributed by atoms with Gasteiger partial charge in [-0.25, -0.2) is 0 Å². The Morgan fingerprint density at radius 1 is 1.19 bits per heavy atom. The van der Waals surface area contributed by atoms with Crippen LogP contribution in [0.4, 0.5) is 0 Å². The molecule has 1 aromatic heterocycles. The van der Waals surface area contributed by atoms with Gasteiger partial charge in [0.2, 0.25) is 0 Å². The summed E-state index contributed by atoms with van der Waals surface area (Å²) in [6.07, 6.45) is 2.18. The molecular weight excluding hydrogens is 302 g/mol. The Morgan fingerprint density at radius 3 is 2.67 bits per heavy atom. The topological polar surface area (TPSA) is 21.3 Å². The molecule has 1 atom stereocenters. The molecule has 0 aliphatic carbocycles. The van der Waals surface area contributed by atoms with E-state index in [4.69, 9.17) is 16.3 Å². The van der Waals surface area contributed by atoms with Gasteiger partial charge in [0.1, 0.15) is 12.4 Å². The molecule has 1 N–H and O–H groups in total. The minimum Gasteiger partial charge on any atom is -0.488 e. The highest BCUT2D eigenvalue weighted by Crippen LogP contribution is 2.29. The van der Waals surface area contributed by atoms with Gasteiger partial charge in [-0.3, -0.25) is 0 Å². The standard InChI is InChI=1S/C17H22ClNOS/c1-3-11-19-15(4-2)14-7-5-6-8-16(14)20-12-13-9-10-17(18)21-13/h5-10,15,19H,3-4,11-12H2,1-2H3. The first kappa shape index (κ1) is 16.3. The minimum atomic E-state index is 0.341. The van der Waals surface area contributed by atoms with Crippen LogP contribution in [0, 0.1) is 0 Å². The predicted molar refractivity (Wildman–Crippen MR) is 91.4 cm³/mol. The van der Waals surface area contributed by atoms with Gasteiger partial charge in [0.25, 0.3) is 0 Å². The van der Waals surface area contributed by atoms with Gasteiger partial charge in [-0.1, -0.05) is 43.6 Å². The summed E-state index contributed by atoms with van der Waals surface area (Å²) in [6.45, 7) is 5.97. The maximum Gasteiger partial charge on any atom is 0.124 e. The number of hydrogen-bond acceptors (Lipinski definition) is 3. The SMILES string of the molecule is CCCNC(CC)c1ccccc1OCc1ccc(Cl)s1. The Balaban J connectivity index is 2.08. The molecular formula is C17H22ClNOS. The first-order valence-electron chi connectivity index (χ1n) is 7.43. The molecule has 4 heteroatoms. The Kier molecular flexibility index (Phi) is 6.55. The zero-order valence-electron chi connectivity index (χ0n) is 12.6. The number of halogens is 1. The molecule has 2 aromatic rings. The van der Waals surface area contributed by atoms with Crippen molar-refractivity contribution < 1.29 is 4.74 Å². The molecule has 2 rings (SSSR count). The second kappa shape index (κ2) is 8.42. The second-order valence-corrected chi connectivity index (χ2v) is 6.75. The van der Waals surface area contributed by atoms with Crippen LogP contribution in [0.5, 0.6) is 5.75 Å². The Hall–Kier alpha value is -1.03. The first-order chi connectivity index (χ1) is 10.2. The van der Waals surface area contributed by atoms with Crippen LogP contribution in [0.2, 0.25) is 4.34 Å². The number of hydrogen-bond donors (Lipinski definition) is 1. The lowest BCUT2D eigenvalue weighted by Crippen LogP contribution is -2.22. The third-order valence-corrected chi connectivity index (χ3v) is 4.55. The van der Waals surface area contributed by atoms with Crippen molar-refractivity contribution in [3.05, 3.63) is 51.2 Å². The van der Waals surface area contributed by atoms with Crippen molar-refractivity contribution >= 4 is 22.9 Å². The molecule has 0 saturated heterocycles. The van der Waals surface area contributed by atoms with E-state index in [2.05, 4.69) is 31.3 Å². The quantitative estimate of drug-likeness (QED) is 0.699. The Bertz CT molecular complexity index is 555. The third-order valence-electron chi connectivity index (χ3n) is 3.34. The largest absolute Gasteiger partial charge is 0.488 e. The van der Waals surface area contributed by atoms with E-state index in [9.17, 15) is 0 Å². The highest BCUT2D eigenvalue weighted by Gasteiger charge is 2.13. The molecule has 2 nitrogen and oxygen atoms in total. The van der Waals surface area contributed by atoms with Crippen LogP contribution in [0.1, 0.15) is 43.2 Å². The highest BCUT2D eigenvalue weighted by molar-refractivity contribution is 7.16. The Morgan fingerprint density at radius 2 is 2.00 bits per heavy atom. The van der Waals surface area contributed by atoms with Crippen LogP contribution >= 0.6 is 22.9 Å². The average Bonchev–Trinajstić information content (AvgIpc) is 2.92. The van der Waals surface area contributed by atoms with Crippen molar-refractivity contribution in [2.24, 2.45) is 0 Å². The lowest BCUT2D eigenvalue weighted by Gasteiger charge is -2.20. The van der Waals surface area contributed by atoms with E-state index >= 15 is 0 Å². The molecule has 1 heterocycles. The summed E-state index contributed by atoms with van der Waals surface area (Å²) in [5.74, 6) is 0.956. The van der Waals surface area contributed by atoms with Crippen LogP contribution in [0.15, 0.2) is 36.4 Å². The van der Waals surface area contributed by atoms with Crippen molar-refractivity contribution in [2.75, 3.05) is 6.54 Å². The van der Waals surface area contributed by atoms with Crippen LogP contribution < -0.4 is 10.1 Å². The summed E-state index contributed by atoms with van der Waals surface area (Å²) in [7, 11) is 0. The van der Waals surface area contributed by atoms with E-state index in [-0.39, 0.29) is 0 Å². The summed E-state index contributed by atoms with van der Waals surface area (Å²) >= 11 is 7.52. The summed E-state index contributed by atoms with van der Waals surface area (Å²) in [5, 5.41) is 3.58. The van der Waals surface area contributed by atoms with Gasteiger partial charge in [-0.15, -0.1) is 11.3 Å². The molecule has 0 amide bonds. The number of thiophene rings is 1. The summed E-state index contributed by atoms with van der Waals surface area (Å²) in [5.41, 5.74) is 1.23. The van der Waals surface area contributed by atoms with Gasteiger partial charge in [0.05, 0.1) is 4.34 Å². The van der Waals surface area contributed by atoms with Gasteiger partial charge < -0.3 is 10.1 Å². The molecule has 1 aromatic carbocycles. The molecule has 0 aliphatic rings. The molecule has 0 spiro atoms. The first-order valence-corrected chi connectivity index (χ1v) is 8.63. The van der Waals surface area contributed by atoms with Crippen molar-refractivity contribution in [1.29, 1.82) is 0 Å². The van der Waals surface area contributed by atoms with Crippen LogP contribution in [0.25, 0.3) is 0 Å². The zero-order valence-corrected chi connectivity index (χ0v) is 14.1. The fourth-order valence-corrected chi connectivity index (χ4v) is 3.27. The number of para-hydroxylation sites is 1. The molecule has 0 bridgehead atoms. The number of rotatable bonds is 8. The molecule has 21 heavy (non-hydrogen) atoms. The normalized spacial score (nSPS) is 12.3. The number of ether oxygens (including phenoxy) is 1. The smallest absolute Gasteiger partial charge is 0.124 e. The average molecular weight is 324 g/mol. The van der Waals surface area contributed by atoms with Crippen molar-refractivity contribution in [3.63, 3.8) is 0 Å². The number of benzene rings is 1. The lowest BCUT2D eigenvalue weighted by atomic mass is 10.0. The van der Waals surface area contributed by atoms with Crippen LogP contribution in [0.3, 0.4) is 0 Å². The third kappa shape index (κ3) is 4.73. The highest BCUT2D eigenvalue weighted by atomic mass is 35.5. The van der Waals surface area contributed by atoms with Gasteiger partial charge in [-0.2, -0.15) is 0 Å².